The normalized spacial score (nSPS) is 11.1. The molecule has 0 saturated carbocycles. The van der Waals surface area contributed by atoms with Crippen LogP contribution < -0.4 is 15.2 Å². The van der Waals surface area contributed by atoms with Gasteiger partial charge in [-0.3, -0.25) is 4.79 Å². The average molecular weight is 419 g/mol. The minimum Gasteiger partial charge on any atom is -0.354 e. The van der Waals surface area contributed by atoms with Crippen LogP contribution >= 0.6 is 0 Å². The van der Waals surface area contributed by atoms with E-state index < -0.39 is 6.03 Å². The Bertz CT molecular complexity index is 1340. The lowest BCUT2D eigenvalue weighted by Gasteiger charge is -2.13. The Morgan fingerprint density at radius 3 is 2.61 bits per heavy atom. The first-order valence-electron chi connectivity index (χ1n) is 9.87. The summed E-state index contributed by atoms with van der Waals surface area (Å²) < 4.78 is 1.96. The van der Waals surface area contributed by atoms with E-state index in [1.54, 1.807) is 0 Å². The highest BCUT2D eigenvalue weighted by molar-refractivity contribution is 6.24. The number of fused-ring (bicyclic) bond motifs is 4. The summed E-state index contributed by atoms with van der Waals surface area (Å²) in [5.41, 5.74) is 3.41. The fourth-order valence-corrected chi connectivity index (χ4v) is 3.92. The quantitative estimate of drug-likeness (QED) is 0.200. The van der Waals surface area contributed by atoms with E-state index in [1.165, 1.54) is 7.05 Å². The molecule has 4 rings (SSSR count). The van der Waals surface area contributed by atoms with Crippen LogP contribution in [0.5, 0.6) is 0 Å². The standard InChI is InChI=1S/C22H22N6O3/c1-13-16-12-27(2)11-8-14(16)19(20-18(13)15-6-4-5-7-17(15)25-20)21(29)23-9-10-24-22(30)28(3)26-31/h4-8,11-12H,9-10H2,1-3H3,(H2,23,24,29,30)/p+1. The number of amides is 3. The fraction of sp³-hybridized carbons (Fsp3) is 0.227. The number of carbonyl (C=O) groups excluding carboxylic acids is 2. The van der Waals surface area contributed by atoms with Gasteiger partial charge in [-0.15, -0.1) is 4.91 Å². The van der Waals surface area contributed by atoms with Crippen molar-refractivity contribution in [2.75, 3.05) is 20.1 Å². The van der Waals surface area contributed by atoms with Crippen LogP contribution in [0.25, 0.3) is 32.6 Å². The van der Waals surface area contributed by atoms with Crippen LogP contribution in [0.2, 0.25) is 0 Å². The third-order valence-electron chi connectivity index (χ3n) is 5.43. The monoisotopic (exact) mass is 419 g/mol. The zero-order valence-corrected chi connectivity index (χ0v) is 17.5. The summed E-state index contributed by atoms with van der Waals surface area (Å²) >= 11 is 0. The Morgan fingerprint density at radius 1 is 1.10 bits per heavy atom. The summed E-state index contributed by atoms with van der Waals surface area (Å²) in [6, 6.07) is 9.29. The molecule has 2 aromatic heterocycles. The molecule has 9 nitrogen and oxygen atoms in total. The fourth-order valence-electron chi connectivity index (χ4n) is 3.92. The molecule has 0 bridgehead atoms. The number of hydrogen-bond acceptors (Lipinski definition) is 4. The lowest BCUT2D eigenvalue weighted by atomic mass is 9.95. The highest BCUT2D eigenvalue weighted by Gasteiger charge is 2.22. The molecule has 158 valence electrons. The predicted octanol–water partition coefficient (Wildman–Crippen LogP) is 2.66. The molecule has 31 heavy (non-hydrogen) atoms. The highest BCUT2D eigenvalue weighted by Crippen LogP contribution is 2.36. The SMILES string of the molecule is Cc1c2c[n+](C)ccc2c(C(=O)NCCNC(=O)N(C)N=O)c2[nH]c3ccccc3c12. The molecule has 4 aromatic rings. The number of pyridine rings is 1. The molecule has 0 atom stereocenters. The first kappa shape index (κ1) is 20.3. The highest BCUT2D eigenvalue weighted by atomic mass is 16.3. The van der Waals surface area contributed by atoms with Crippen LogP contribution in [0, 0.1) is 11.8 Å². The van der Waals surface area contributed by atoms with Crippen LogP contribution in [0.15, 0.2) is 48.0 Å². The van der Waals surface area contributed by atoms with Gasteiger partial charge in [0.1, 0.15) is 7.05 Å². The van der Waals surface area contributed by atoms with Crippen molar-refractivity contribution >= 4 is 44.5 Å². The van der Waals surface area contributed by atoms with E-state index in [9.17, 15) is 14.5 Å². The third kappa shape index (κ3) is 3.54. The number of urea groups is 1. The van der Waals surface area contributed by atoms with Gasteiger partial charge in [-0.2, -0.15) is 5.01 Å². The van der Waals surface area contributed by atoms with Crippen LogP contribution in [0.1, 0.15) is 15.9 Å². The van der Waals surface area contributed by atoms with Gasteiger partial charge in [0.2, 0.25) is 0 Å². The molecular formula is C22H23N6O3+. The lowest BCUT2D eigenvalue weighted by Crippen LogP contribution is -2.39. The summed E-state index contributed by atoms with van der Waals surface area (Å²) in [5.74, 6) is -0.244. The van der Waals surface area contributed by atoms with Gasteiger partial charge in [-0.1, -0.05) is 18.2 Å². The van der Waals surface area contributed by atoms with Gasteiger partial charge in [0.15, 0.2) is 12.4 Å². The molecule has 0 radical (unpaired) electrons. The number of nitrogens with one attached hydrogen (secondary N) is 3. The first-order valence-corrected chi connectivity index (χ1v) is 9.87. The van der Waals surface area contributed by atoms with Gasteiger partial charge in [0.05, 0.1) is 21.8 Å². The molecule has 3 N–H and O–H groups in total. The lowest BCUT2D eigenvalue weighted by molar-refractivity contribution is -0.670. The van der Waals surface area contributed by atoms with E-state index in [1.807, 2.05) is 54.3 Å². The minimum atomic E-state index is -0.629. The molecule has 0 aliphatic heterocycles. The summed E-state index contributed by atoms with van der Waals surface area (Å²) in [5, 5.41) is 12.5. The number of rotatable bonds is 5. The van der Waals surface area contributed by atoms with E-state index >= 15 is 0 Å². The van der Waals surface area contributed by atoms with Crippen molar-refractivity contribution < 1.29 is 14.2 Å². The topological polar surface area (TPSA) is 111 Å². The van der Waals surface area contributed by atoms with Gasteiger partial charge in [-0.05, 0) is 18.6 Å². The Kier molecular flexibility index (Phi) is 5.24. The van der Waals surface area contributed by atoms with Gasteiger partial charge >= 0.3 is 6.03 Å². The Morgan fingerprint density at radius 2 is 1.84 bits per heavy atom. The maximum absolute atomic E-state index is 13.3. The van der Waals surface area contributed by atoms with Crippen LogP contribution in [0.3, 0.4) is 0 Å². The smallest absolute Gasteiger partial charge is 0.340 e. The number of carbonyl (C=O) groups is 2. The zero-order valence-electron chi connectivity index (χ0n) is 17.5. The Labute approximate surface area is 178 Å². The predicted molar refractivity (Wildman–Crippen MR) is 119 cm³/mol. The van der Waals surface area contributed by atoms with Crippen molar-refractivity contribution in [3.05, 3.63) is 58.8 Å². The number of H-pyrrole nitrogens is 1. The van der Waals surface area contributed by atoms with Gasteiger partial charge in [-0.25, -0.2) is 9.36 Å². The Hall–Kier alpha value is -4.01. The molecule has 0 unspecified atom stereocenters. The van der Waals surface area contributed by atoms with Crippen molar-refractivity contribution in [1.82, 2.24) is 20.6 Å². The molecule has 2 aromatic carbocycles. The number of nitroso groups, excluding NO2 is 1. The van der Waals surface area contributed by atoms with Crippen LogP contribution in [-0.2, 0) is 7.05 Å². The molecular weight excluding hydrogens is 396 g/mol. The maximum Gasteiger partial charge on any atom is 0.340 e. The van der Waals surface area contributed by atoms with E-state index in [0.717, 1.165) is 38.1 Å². The van der Waals surface area contributed by atoms with Gasteiger partial charge in [0, 0.05) is 47.9 Å². The third-order valence-corrected chi connectivity index (χ3v) is 5.43. The van der Waals surface area contributed by atoms with E-state index in [4.69, 9.17) is 0 Å². The number of benzene rings is 2. The number of aryl methyl sites for hydroxylation is 2. The number of hydrogen-bond donors (Lipinski definition) is 3. The second-order valence-corrected chi connectivity index (χ2v) is 7.45. The first-order chi connectivity index (χ1) is 14.9. The van der Waals surface area contributed by atoms with Crippen LogP contribution in [-0.4, -0.2) is 42.1 Å². The summed E-state index contributed by atoms with van der Waals surface area (Å²) in [6.45, 7) is 2.44. The van der Waals surface area contributed by atoms with Crippen molar-refractivity contribution in [2.24, 2.45) is 12.3 Å². The summed E-state index contributed by atoms with van der Waals surface area (Å²) in [6.07, 6.45) is 3.93. The minimum absolute atomic E-state index is 0.166. The molecule has 3 amide bonds. The second kappa shape index (κ2) is 8.02. The van der Waals surface area contributed by atoms with Gasteiger partial charge < -0.3 is 15.6 Å². The van der Waals surface area contributed by atoms with E-state index in [0.29, 0.717) is 10.6 Å². The largest absolute Gasteiger partial charge is 0.354 e. The maximum atomic E-state index is 13.3. The van der Waals surface area contributed by atoms with Gasteiger partial charge in [0.25, 0.3) is 5.91 Å². The molecule has 0 aliphatic rings. The number of para-hydroxylation sites is 1. The number of aromatic nitrogens is 2. The molecule has 0 saturated heterocycles. The second-order valence-electron chi connectivity index (χ2n) is 7.45. The van der Waals surface area contributed by atoms with Crippen LogP contribution in [0.4, 0.5) is 4.79 Å². The van der Waals surface area contributed by atoms with Crippen molar-refractivity contribution in [3.8, 4) is 0 Å². The molecule has 9 heteroatoms. The summed E-state index contributed by atoms with van der Waals surface area (Å²) in [7, 11) is 3.21. The van der Waals surface area contributed by atoms with E-state index in [2.05, 4.69) is 27.8 Å². The molecule has 0 aliphatic carbocycles. The summed E-state index contributed by atoms with van der Waals surface area (Å²) in [4.78, 5) is 38.7. The Balaban J connectivity index is 1.75. The van der Waals surface area contributed by atoms with Crippen molar-refractivity contribution in [3.63, 3.8) is 0 Å². The molecule has 0 fully saturated rings. The van der Waals surface area contributed by atoms with E-state index in [-0.39, 0.29) is 19.0 Å². The van der Waals surface area contributed by atoms with Crippen molar-refractivity contribution in [2.45, 2.75) is 6.92 Å². The zero-order chi connectivity index (χ0) is 22.1. The number of nitrogens with zero attached hydrogens (tertiary/aromatic N) is 3. The molecule has 0 spiro atoms. The average Bonchev–Trinajstić information content (AvgIpc) is 3.15. The van der Waals surface area contributed by atoms with Crippen molar-refractivity contribution in [1.29, 1.82) is 0 Å². The molecule has 2 heterocycles. The number of aromatic amines is 1.